The molecule has 0 aromatic heterocycles. The molecular formula is C12H24O11. The number of aliphatic hydroxyl groups is 9. The van der Waals surface area contributed by atoms with Crippen molar-refractivity contribution in [1.29, 1.82) is 0 Å². The third kappa shape index (κ3) is 5.01. The van der Waals surface area contributed by atoms with Crippen LogP contribution in [0.4, 0.5) is 0 Å². The van der Waals surface area contributed by atoms with Gasteiger partial charge in [-0.1, -0.05) is 0 Å². The number of hydrogen-bond donors (Lipinski definition) is 9. The number of rotatable bonds is 8. The third-order valence-electron chi connectivity index (χ3n) is 3.61. The Hall–Kier alpha value is -0.440. The second kappa shape index (κ2) is 9.15. The summed E-state index contributed by atoms with van der Waals surface area (Å²) in [4.78, 5) is 0. The van der Waals surface area contributed by atoms with Gasteiger partial charge in [0.2, 0.25) is 0 Å². The minimum absolute atomic E-state index is 0.655. The van der Waals surface area contributed by atoms with Crippen LogP contribution in [0.1, 0.15) is 0 Å². The summed E-state index contributed by atoms with van der Waals surface area (Å²) in [5.41, 5.74) is 0. The van der Waals surface area contributed by atoms with Crippen LogP contribution in [0.5, 0.6) is 0 Å². The summed E-state index contributed by atoms with van der Waals surface area (Å²) in [7, 11) is 0. The Morgan fingerprint density at radius 1 is 0.826 bits per heavy atom. The molecule has 0 aliphatic carbocycles. The smallest absolute Gasteiger partial charge is 0.186 e. The number of aliphatic hydroxyl groups excluding tert-OH is 9. The molecule has 0 aromatic rings. The molecule has 23 heavy (non-hydrogen) atoms. The molecule has 9 N–H and O–H groups in total. The Kier molecular flexibility index (Phi) is 8.20. The lowest BCUT2D eigenvalue weighted by Crippen LogP contribution is -2.59. The van der Waals surface area contributed by atoms with Crippen molar-refractivity contribution in [1.82, 2.24) is 0 Å². The van der Waals surface area contributed by atoms with Gasteiger partial charge in [0.05, 0.1) is 19.8 Å². The second-order valence-corrected chi connectivity index (χ2v) is 5.33. The largest absolute Gasteiger partial charge is 0.394 e. The fourth-order valence-electron chi connectivity index (χ4n) is 2.06. The van der Waals surface area contributed by atoms with Gasteiger partial charge in [-0.15, -0.1) is 0 Å². The van der Waals surface area contributed by atoms with Gasteiger partial charge in [0.15, 0.2) is 6.29 Å². The van der Waals surface area contributed by atoms with Crippen LogP contribution in [0.3, 0.4) is 0 Å². The van der Waals surface area contributed by atoms with Crippen molar-refractivity contribution in [3.05, 3.63) is 0 Å². The average molecular weight is 344 g/mol. The topological polar surface area (TPSA) is 201 Å². The van der Waals surface area contributed by atoms with Crippen molar-refractivity contribution in [3.63, 3.8) is 0 Å². The van der Waals surface area contributed by atoms with E-state index in [0.717, 1.165) is 0 Å². The van der Waals surface area contributed by atoms with Gasteiger partial charge in [-0.3, -0.25) is 0 Å². The zero-order valence-electron chi connectivity index (χ0n) is 12.2. The van der Waals surface area contributed by atoms with Gasteiger partial charge >= 0.3 is 0 Å². The summed E-state index contributed by atoms with van der Waals surface area (Å²) in [5, 5.41) is 84.4. The third-order valence-corrected chi connectivity index (χ3v) is 3.61. The van der Waals surface area contributed by atoms with E-state index in [1.807, 2.05) is 0 Å². The Morgan fingerprint density at radius 2 is 1.39 bits per heavy atom. The lowest BCUT2D eigenvalue weighted by atomic mass is 9.99. The molecule has 1 saturated heterocycles. The van der Waals surface area contributed by atoms with Crippen LogP contribution in [-0.2, 0) is 9.47 Å². The standard InChI is InChI=1S/C12H24O11/c13-1-4(15)7(17)8(18)5(16)3-22-12-11(21)10(20)9(19)6(2-14)23-12/h4-21H,1-3H2/t4-,5+,6+,7-,8+,9-,10+,11+,12-/m0/s1. The fourth-order valence-corrected chi connectivity index (χ4v) is 2.06. The quantitative estimate of drug-likeness (QED) is 0.203. The van der Waals surface area contributed by atoms with Crippen molar-refractivity contribution in [2.75, 3.05) is 19.8 Å². The number of ether oxygens (including phenoxy) is 2. The highest BCUT2D eigenvalue weighted by Gasteiger charge is 2.44. The number of hydrogen-bond acceptors (Lipinski definition) is 11. The predicted octanol–water partition coefficient (Wildman–Crippen LogP) is -5.76. The normalized spacial score (nSPS) is 37.2. The first-order chi connectivity index (χ1) is 10.7. The van der Waals surface area contributed by atoms with E-state index in [2.05, 4.69) is 0 Å². The van der Waals surface area contributed by atoms with E-state index < -0.39 is 74.9 Å². The SMILES string of the molecule is OC[C@H](O)[C@H](O)[C@H](O)[C@H](O)CO[C@H]1O[C@H](CO)[C@H](O)[C@@H](O)[C@H]1O. The Balaban J connectivity index is 2.55. The molecule has 0 amide bonds. The molecular weight excluding hydrogens is 320 g/mol. The minimum Gasteiger partial charge on any atom is -0.394 e. The maximum atomic E-state index is 9.70. The fraction of sp³-hybridized carbons (Fsp3) is 1.00. The molecule has 11 heteroatoms. The van der Waals surface area contributed by atoms with Crippen LogP contribution < -0.4 is 0 Å². The Bertz CT molecular complexity index is 341. The average Bonchev–Trinajstić information content (AvgIpc) is 2.56. The van der Waals surface area contributed by atoms with Crippen molar-refractivity contribution >= 4 is 0 Å². The van der Waals surface area contributed by atoms with Crippen LogP contribution in [0.25, 0.3) is 0 Å². The van der Waals surface area contributed by atoms with E-state index in [1.165, 1.54) is 0 Å². The summed E-state index contributed by atoms with van der Waals surface area (Å²) in [6.45, 7) is -2.16. The van der Waals surface area contributed by atoms with Gasteiger partial charge < -0.3 is 55.4 Å². The van der Waals surface area contributed by atoms with E-state index in [9.17, 15) is 35.7 Å². The monoisotopic (exact) mass is 344 g/mol. The van der Waals surface area contributed by atoms with Crippen LogP contribution in [-0.4, -0.2) is 121 Å². The van der Waals surface area contributed by atoms with Gasteiger partial charge in [-0.25, -0.2) is 0 Å². The highest BCUT2D eigenvalue weighted by molar-refractivity contribution is 4.89. The van der Waals surface area contributed by atoms with Crippen LogP contribution in [0, 0.1) is 0 Å². The second-order valence-electron chi connectivity index (χ2n) is 5.33. The van der Waals surface area contributed by atoms with Crippen molar-refractivity contribution in [3.8, 4) is 0 Å². The summed E-state index contributed by atoms with van der Waals surface area (Å²) in [5.74, 6) is 0. The predicted molar refractivity (Wildman–Crippen MR) is 70.8 cm³/mol. The molecule has 1 aliphatic rings. The summed E-state index contributed by atoms with van der Waals surface area (Å²) in [6, 6.07) is 0. The van der Waals surface area contributed by atoms with E-state index in [4.69, 9.17) is 19.7 Å². The van der Waals surface area contributed by atoms with Crippen molar-refractivity contribution in [2.45, 2.75) is 55.1 Å². The van der Waals surface area contributed by atoms with Crippen LogP contribution in [0.2, 0.25) is 0 Å². The first-order valence-electron chi connectivity index (χ1n) is 6.99. The highest BCUT2D eigenvalue weighted by atomic mass is 16.7. The van der Waals surface area contributed by atoms with Crippen LogP contribution >= 0.6 is 0 Å². The maximum absolute atomic E-state index is 9.70. The van der Waals surface area contributed by atoms with Gasteiger partial charge in [-0.2, -0.15) is 0 Å². The molecule has 138 valence electrons. The van der Waals surface area contributed by atoms with Gasteiger partial charge in [0, 0.05) is 0 Å². The van der Waals surface area contributed by atoms with Gasteiger partial charge in [0.25, 0.3) is 0 Å². The molecule has 0 unspecified atom stereocenters. The zero-order valence-corrected chi connectivity index (χ0v) is 12.2. The minimum atomic E-state index is -1.86. The first-order valence-corrected chi connectivity index (χ1v) is 6.99. The van der Waals surface area contributed by atoms with E-state index in [0.29, 0.717) is 0 Å². The van der Waals surface area contributed by atoms with E-state index >= 15 is 0 Å². The van der Waals surface area contributed by atoms with E-state index in [-0.39, 0.29) is 0 Å². The molecule has 1 aliphatic heterocycles. The Labute approximate surface area is 131 Å². The molecule has 1 heterocycles. The molecule has 11 nitrogen and oxygen atoms in total. The summed E-state index contributed by atoms with van der Waals surface area (Å²) in [6.07, 6.45) is -14.7. The Morgan fingerprint density at radius 3 is 1.91 bits per heavy atom. The molecule has 1 rings (SSSR count). The van der Waals surface area contributed by atoms with E-state index in [1.54, 1.807) is 0 Å². The molecule has 0 saturated carbocycles. The lowest BCUT2D eigenvalue weighted by molar-refractivity contribution is -0.306. The molecule has 1 fully saturated rings. The van der Waals surface area contributed by atoms with Crippen molar-refractivity contribution < 1.29 is 55.4 Å². The molecule has 0 radical (unpaired) electrons. The van der Waals surface area contributed by atoms with Crippen molar-refractivity contribution in [2.24, 2.45) is 0 Å². The molecule has 0 spiro atoms. The van der Waals surface area contributed by atoms with Gasteiger partial charge in [0.1, 0.15) is 48.8 Å². The first kappa shape index (κ1) is 20.6. The highest BCUT2D eigenvalue weighted by Crippen LogP contribution is 2.22. The lowest BCUT2D eigenvalue weighted by Gasteiger charge is -2.40. The molecule has 0 bridgehead atoms. The van der Waals surface area contributed by atoms with Gasteiger partial charge in [-0.05, 0) is 0 Å². The summed E-state index contributed by atoms with van der Waals surface area (Å²) >= 11 is 0. The molecule has 0 aromatic carbocycles. The zero-order chi connectivity index (χ0) is 17.7. The summed E-state index contributed by atoms with van der Waals surface area (Å²) < 4.78 is 9.99. The molecule has 9 atom stereocenters. The van der Waals surface area contributed by atoms with Crippen LogP contribution in [0.15, 0.2) is 0 Å². The maximum Gasteiger partial charge on any atom is 0.186 e.